The average molecular weight is 443 g/mol. The summed E-state index contributed by atoms with van der Waals surface area (Å²) in [5.74, 6) is 0.854. The smallest absolute Gasteiger partial charge is 0.262 e. The molecule has 6 nitrogen and oxygen atoms in total. The molecule has 32 heavy (non-hydrogen) atoms. The van der Waals surface area contributed by atoms with E-state index in [1.165, 1.54) is 11.8 Å². The lowest BCUT2D eigenvalue weighted by Crippen LogP contribution is -2.24. The van der Waals surface area contributed by atoms with E-state index in [9.17, 15) is 9.59 Å². The molecule has 1 amide bonds. The predicted octanol–water partition coefficient (Wildman–Crippen LogP) is 4.26. The van der Waals surface area contributed by atoms with Crippen LogP contribution < -0.4 is 10.5 Å². The monoisotopic (exact) mass is 442 g/mol. The second-order valence-corrected chi connectivity index (χ2v) is 8.67. The van der Waals surface area contributed by atoms with Crippen LogP contribution in [0.2, 0.25) is 0 Å². The first-order valence-electron chi connectivity index (χ1n) is 10.6. The number of rotatable bonds is 6. The molecule has 1 aliphatic rings. The van der Waals surface area contributed by atoms with E-state index in [2.05, 4.69) is 4.98 Å². The summed E-state index contributed by atoms with van der Waals surface area (Å²) < 4.78 is 1.70. The van der Waals surface area contributed by atoms with Crippen molar-refractivity contribution in [1.82, 2.24) is 14.5 Å². The summed E-state index contributed by atoms with van der Waals surface area (Å²) in [6.45, 7) is 1.16. The summed E-state index contributed by atoms with van der Waals surface area (Å²) in [5, 5.41) is 1.27. The van der Waals surface area contributed by atoms with Crippen molar-refractivity contribution < 1.29 is 4.79 Å². The van der Waals surface area contributed by atoms with E-state index >= 15 is 0 Å². The standard InChI is InChI=1S/C25H22N4O2S/c30-23-9-5-15-28(23)20-12-10-18(11-13-20)17-32-25-27-22-8-2-1-7-21(22)24(31)29(25)16-19-6-3-4-14-26-19/h1-4,6-8,10-14H,5,9,15-17H2. The van der Waals surface area contributed by atoms with Crippen LogP contribution in [0.4, 0.5) is 5.69 Å². The van der Waals surface area contributed by atoms with Crippen LogP contribution in [0.15, 0.2) is 82.9 Å². The molecule has 0 N–H and O–H groups in total. The Morgan fingerprint density at radius 3 is 2.50 bits per heavy atom. The highest BCUT2D eigenvalue weighted by Gasteiger charge is 2.21. The van der Waals surface area contributed by atoms with E-state index in [0.717, 1.165) is 29.9 Å². The van der Waals surface area contributed by atoms with Gasteiger partial charge in [-0.2, -0.15) is 0 Å². The van der Waals surface area contributed by atoms with Gasteiger partial charge >= 0.3 is 0 Å². The van der Waals surface area contributed by atoms with Crippen molar-refractivity contribution in [3.05, 3.63) is 94.5 Å². The number of carbonyl (C=O) groups excluding carboxylic acids is 1. The molecule has 5 rings (SSSR count). The molecule has 2 aromatic heterocycles. The third-order valence-electron chi connectivity index (χ3n) is 5.56. The zero-order chi connectivity index (χ0) is 21.9. The number of pyridine rings is 1. The maximum Gasteiger partial charge on any atom is 0.262 e. The number of anilines is 1. The summed E-state index contributed by atoms with van der Waals surface area (Å²) in [5.41, 5.74) is 3.49. The van der Waals surface area contributed by atoms with Gasteiger partial charge in [-0.1, -0.05) is 42.1 Å². The Kier molecular flexibility index (Phi) is 5.73. The molecule has 0 saturated carbocycles. The van der Waals surface area contributed by atoms with Gasteiger partial charge in [-0.15, -0.1) is 0 Å². The van der Waals surface area contributed by atoms with Gasteiger partial charge in [-0.05, 0) is 48.4 Å². The van der Waals surface area contributed by atoms with Crippen molar-refractivity contribution in [2.75, 3.05) is 11.4 Å². The third-order valence-corrected chi connectivity index (χ3v) is 6.61. The van der Waals surface area contributed by atoms with Gasteiger partial charge in [0.15, 0.2) is 5.16 Å². The second kappa shape index (κ2) is 8.96. The zero-order valence-electron chi connectivity index (χ0n) is 17.5. The molecule has 0 atom stereocenters. The number of thioether (sulfide) groups is 1. The number of aromatic nitrogens is 3. The van der Waals surface area contributed by atoms with Gasteiger partial charge in [0, 0.05) is 30.6 Å². The van der Waals surface area contributed by atoms with Crippen molar-refractivity contribution in [1.29, 1.82) is 0 Å². The molecule has 1 saturated heterocycles. The van der Waals surface area contributed by atoms with E-state index in [-0.39, 0.29) is 11.5 Å². The SMILES string of the molecule is O=C1CCCN1c1ccc(CSc2nc3ccccc3c(=O)n2Cc2ccccn2)cc1. The maximum atomic E-state index is 13.2. The molecule has 0 aliphatic carbocycles. The summed E-state index contributed by atoms with van der Waals surface area (Å²) in [4.78, 5) is 36.2. The normalized spacial score (nSPS) is 13.8. The van der Waals surface area contributed by atoms with Crippen molar-refractivity contribution in [3.8, 4) is 0 Å². The van der Waals surface area contributed by atoms with Gasteiger partial charge in [-0.25, -0.2) is 4.98 Å². The molecular weight excluding hydrogens is 420 g/mol. The van der Waals surface area contributed by atoms with Crippen molar-refractivity contribution in [2.45, 2.75) is 30.3 Å². The Hall–Kier alpha value is -3.45. The van der Waals surface area contributed by atoms with Gasteiger partial charge in [0.2, 0.25) is 5.91 Å². The largest absolute Gasteiger partial charge is 0.312 e. The first-order chi connectivity index (χ1) is 15.7. The lowest BCUT2D eigenvalue weighted by atomic mass is 10.2. The quantitative estimate of drug-likeness (QED) is 0.330. The van der Waals surface area contributed by atoms with Gasteiger partial charge in [0.05, 0.1) is 23.1 Å². The second-order valence-electron chi connectivity index (χ2n) is 7.73. The van der Waals surface area contributed by atoms with Crippen molar-refractivity contribution >= 4 is 34.3 Å². The minimum absolute atomic E-state index is 0.0633. The third kappa shape index (κ3) is 4.16. The highest BCUT2D eigenvalue weighted by atomic mass is 32.2. The summed E-state index contributed by atoms with van der Waals surface area (Å²) in [7, 11) is 0. The minimum Gasteiger partial charge on any atom is -0.312 e. The number of hydrogen-bond donors (Lipinski definition) is 0. The molecular formula is C25H22N4O2S. The number of benzene rings is 2. The zero-order valence-corrected chi connectivity index (χ0v) is 18.3. The van der Waals surface area contributed by atoms with Crippen LogP contribution in [0.3, 0.4) is 0 Å². The van der Waals surface area contributed by atoms with E-state index in [0.29, 0.717) is 34.8 Å². The molecule has 0 spiro atoms. The van der Waals surface area contributed by atoms with Crippen LogP contribution in [0.1, 0.15) is 24.1 Å². The Morgan fingerprint density at radius 1 is 0.938 bits per heavy atom. The van der Waals surface area contributed by atoms with E-state index < -0.39 is 0 Å². The lowest BCUT2D eigenvalue weighted by Gasteiger charge is -2.16. The summed E-state index contributed by atoms with van der Waals surface area (Å²) >= 11 is 1.53. The fourth-order valence-corrected chi connectivity index (χ4v) is 4.85. The number of nitrogens with zero attached hydrogens (tertiary/aromatic N) is 4. The molecule has 160 valence electrons. The number of fused-ring (bicyclic) bond motifs is 1. The number of hydrogen-bond acceptors (Lipinski definition) is 5. The van der Waals surface area contributed by atoms with Crippen molar-refractivity contribution in [2.24, 2.45) is 0 Å². The topological polar surface area (TPSA) is 68.1 Å². The Labute approximate surface area is 189 Å². The lowest BCUT2D eigenvalue weighted by molar-refractivity contribution is -0.117. The molecule has 0 radical (unpaired) electrons. The Balaban J connectivity index is 1.42. The van der Waals surface area contributed by atoms with Crippen LogP contribution >= 0.6 is 11.8 Å². The van der Waals surface area contributed by atoms with Gasteiger partial charge in [0.25, 0.3) is 5.56 Å². The maximum absolute atomic E-state index is 13.2. The van der Waals surface area contributed by atoms with Crippen LogP contribution in [-0.2, 0) is 17.1 Å². The average Bonchev–Trinajstić information content (AvgIpc) is 3.26. The molecule has 0 bridgehead atoms. The Morgan fingerprint density at radius 2 is 1.75 bits per heavy atom. The molecule has 3 heterocycles. The summed E-state index contributed by atoms with van der Waals surface area (Å²) in [6.07, 6.45) is 3.27. The molecule has 4 aromatic rings. The molecule has 0 unspecified atom stereocenters. The van der Waals surface area contributed by atoms with E-state index in [1.807, 2.05) is 71.6 Å². The van der Waals surface area contributed by atoms with Crippen LogP contribution in [0.25, 0.3) is 10.9 Å². The summed E-state index contributed by atoms with van der Waals surface area (Å²) in [6, 6.07) is 21.2. The van der Waals surface area contributed by atoms with E-state index in [1.54, 1.807) is 10.8 Å². The molecule has 2 aromatic carbocycles. The molecule has 1 fully saturated rings. The van der Waals surface area contributed by atoms with Crippen LogP contribution in [-0.4, -0.2) is 27.0 Å². The fourth-order valence-electron chi connectivity index (χ4n) is 3.89. The highest BCUT2D eigenvalue weighted by Crippen LogP contribution is 2.26. The Bertz CT molecular complexity index is 1320. The number of carbonyl (C=O) groups is 1. The van der Waals surface area contributed by atoms with Crippen LogP contribution in [0.5, 0.6) is 0 Å². The van der Waals surface area contributed by atoms with Gasteiger partial charge in [0.1, 0.15) is 0 Å². The molecule has 7 heteroatoms. The first kappa shape index (κ1) is 20.5. The minimum atomic E-state index is -0.0633. The highest BCUT2D eigenvalue weighted by molar-refractivity contribution is 7.98. The first-order valence-corrected chi connectivity index (χ1v) is 11.6. The van der Waals surface area contributed by atoms with E-state index in [4.69, 9.17) is 4.98 Å². The number of para-hydroxylation sites is 1. The molecule has 1 aliphatic heterocycles. The van der Waals surface area contributed by atoms with Gasteiger partial charge in [-0.3, -0.25) is 19.1 Å². The number of amides is 1. The van der Waals surface area contributed by atoms with Crippen LogP contribution in [0, 0.1) is 0 Å². The fraction of sp³-hybridized carbons (Fsp3) is 0.200. The van der Waals surface area contributed by atoms with Gasteiger partial charge < -0.3 is 4.90 Å². The van der Waals surface area contributed by atoms with Crippen molar-refractivity contribution in [3.63, 3.8) is 0 Å². The predicted molar refractivity (Wildman–Crippen MR) is 127 cm³/mol.